The molecular formula is C17H18ClN7O. The van der Waals surface area contributed by atoms with Gasteiger partial charge in [0.05, 0.1) is 6.20 Å². The van der Waals surface area contributed by atoms with Gasteiger partial charge in [0.25, 0.3) is 0 Å². The normalized spacial score (nSPS) is 19.3. The fourth-order valence-electron chi connectivity index (χ4n) is 3.56. The Labute approximate surface area is 154 Å². The number of fused-ring (bicyclic) bond motifs is 1. The zero-order valence-electron chi connectivity index (χ0n) is 14.2. The predicted molar refractivity (Wildman–Crippen MR) is 95.5 cm³/mol. The van der Waals surface area contributed by atoms with E-state index in [4.69, 9.17) is 22.3 Å². The molecule has 8 nitrogen and oxygen atoms in total. The van der Waals surface area contributed by atoms with Crippen LogP contribution in [0.4, 0.5) is 0 Å². The Balaban J connectivity index is 1.75. The molecule has 1 amide bonds. The number of aryl methyl sites for hydroxylation is 1. The molecule has 3 aromatic heterocycles. The van der Waals surface area contributed by atoms with Crippen molar-refractivity contribution in [2.45, 2.75) is 38.1 Å². The fourth-order valence-corrected chi connectivity index (χ4v) is 3.67. The van der Waals surface area contributed by atoms with Crippen LogP contribution in [0, 0.1) is 0 Å². The van der Waals surface area contributed by atoms with Gasteiger partial charge in [0.2, 0.25) is 5.91 Å². The maximum atomic E-state index is 11.5. The highest BCUT2D eigenvalue weighted by Crippen LogP contribution is 2.41. The third kappa shape index (κ3) is 2.96. The molecule has 2 atom stereocenters. The van der Waals surface area contributed by atoms with E-state index < -0.39 is 5.91 Å². The topological polar surface area (TPSA) is 115 Å². The van der Waals surface area contributed by atoms with Crippen LogP contribution >= 0.6 is 11.6 Å². The van der Waals surface area contributed by atoms with E-state index in [0.717, 1.165) is 29.9 Å². The van der Waals surface area contributed by atoms with E-state index >= 15 is 0 Å². The molecule has 2 unspecified atom stereocenters. The number of halogens is 1. The fraction of sp³-hybridized carbons (Fsp3) is 0.353. The molecular weight excluding hydrogens is 354 g/mol. The first-order valence-corrected chi connectivity index (χ1v) is 8.78. The summed E-state index contributed by atoms with van der Waals surface area (Å²) in [6.45, 7) is 2.13. The molecule has 3 aromatic rings. The zero-order chi connectivity index (χ0) is 18.3. The number of primary amides is 1. The van der Waals surface area contributed by atoms with Crippen LogP contribution in [0.15, 0.2) is 24.5 Å². The maximum Gasteiger partial charge on any atom is 0.239 e. The van der Waals surface area contributed by atoms with Crippen LogP contribution in [0.1, 0.15) is 42.3 Å². The number of hydrogen-bond acceptors (Lipinski definition) is 5. The van der Waals surface area contributed by atoms with Crippen molar-refractivity contribution in [1.82, 2.24) is 29.9 Å². The molecule has 1 aliphatic rings. The maximum absolute atomic E-state index is 11.5. The lowest BCUT2D eigenvalue weighted by molar-refractivity contribution is -0.118. The molecule has 0 fully saturated rings. The SMILES string of the molecule is CC1c2cn[nH]c2CCC1c1nc(-c2ccc(Cl)nc2)nn1CC(N)=O. The van der Waals surface area contributed by atoms with Gasteiger partial charge in [-0.2, -0.15) is 10.2 Å². The second-order valence-electron chi connectivity index (χ2n) is 6.52. The summed E-state index contributed by atoms with van der Waals surface area (Å²) in [6, 6.07) is 3.49. The second kappa shape index (κ2) is 6.53. The van der Waals surface area contributed by atoms with Gasteiger partial charge in [0.15, 0.2) is 5.82 Å². The molecule has 3 heterocycles. The molecule has 0 aromatic carbocycles. The highest BCUT2D eigenvalue weighted by Gasteiger charge is 2.33. The van der Waals surface area contributed by atoms with Crippen LogP contribution in [-0.2, 0) is 17.8 Å². The summed E-state index contributed by atoms with van der Waals surface area (Å²) in [5, 5.41) is 12.1. The minimum atomic E-state index is -0.454. The number of hydrogen-bond donors (Lipinski definition) is 2. The van der Waals surface area contributed by atoms with Gasteiger partial charge in [-0.15, -0.1) is 0 Å². The van der Waals surface area contributed by atoms with Gasteiger partial charge < -0.3 is 5.73 Å². The van der Waals surface area contributed by atoms with E-state index in [9.17, 15) is 4.79 Å². The van der Waals surface area contributed by atoms with Crippen molar-refractivity contribution >= 4 is 17.5 Å². The van der Waals surface area contributed by atoms with Gasteiger partial charge in [0, 0.05) is 23.4 Å². The minimum absolute atomic E-state index is 0.00911. The van der Waals surface area contributed by atoms with Crippen molar-refractivity contribution in [2.75, 3.05) is 0 Å². The summed E-state index contributed by atoms with van der Waals surface area (Å²) in [5.74, 6) is 1.15. The third-order valence-corrected chi connectivity index (χ3v) is 5.10. The Kier molecular flexibility index (Phi) is 4.20. The highest BCUT2D eigenvalue weighted by molar-refractivity contribution is 6.29. The number of carbonyl (C=O) groups is 1. The predicted octanol–water partition coefficient (Wildman–Crippen LogP) is 2.04. The highest BCUT2D eigenvalue weighted by atomic mass is 35.5. The van der Waals surface area contributed by atoms with E-state index in [1.807, 2.05) is 12.3 Å². The number of amides is 1. The monoisotopic (exact) mass is 371 g/mol. The largest absolute Gasteiger partial charge is 0.368 e. The van der Waals surface area contributed by atoms with Gasteiger partial charge in [0.1, 0.15) is 17.5 Å². The Morgan fingerprint density at radius 3 is 3.00 bits per heavy atom. The van der Waals surface area contributed by atoms with Crippen molar-refractivity contribution in [2.24, 2.45) is 5.73 Å². The van der Waals surface area contributed by atoms with E-state index in [2.05, 4.69) is 27.2 Å². The number of carbonyl (C=O) groups excluding carboxylic acids is 1. The van der Waals surface area contributed by atoms with Crippen LogP contribution in [0.3, 0.4) is 0 Å². The molecule has 4 rings (SSSR count). The molecule has 0 bridgehead atoms. The lowest BCUT2D eigenvalue weighted by Gasteiger charge is -2.27. The van der Waals surface area contributed by atoms with Gasteiger partial charge in [-0.05, 0) is 36.5 Å². The van der Waals surface area contributed by atoms with Crippen molar-refractivity contribution in [3.63, 3.8) is 0 Å². The van der Waals surface area contributed by atoms with Gasteiger partial charge in [-0.3, -0.25) is 9.89 Å². The number of nitrogens with two attached hydrogens (primary N) is 1. The molecule has 1 aliphatic carbocycles. The number of pyridine rings is 1. The average Bonchev–Trinajstić information content (AvgIpc) is 3.23. The summed E-state index contributed by atoms with van der Waals surface area (Å²) < 4.78 is 1.61. The quantitative estimate of drug-likeness (QED) is 0.681. The molecule has 0 saturated carbocycles. The Bertz CT molecular complexity index is 946. The number of H-pyrrole nitrogens is 1. The number of aromatic nitrogens is 6. The summed E-state index contributed by atoms with van der Waals surface area (Å²) in [7, 11) is 0. The van der Waals surface area contributed by atoms with Gasteiger partial charge in [-0.1, -0.05) is 18.5 Å². The smallest absolute Gasteiger partial charge is 0.239 e. The van der Waals surface area contributed by atoms with E-state index in [1.54, 1.807) is 16.9 Å². The van der Waals surface area contributed by atoms with Crippen molar-refractivity contribution in [3.05, 3.63) is 46.8 Å². The van der Waals surface area contributed by atoms with E-state index in [1.165, 1.54) is 5.56 Å². The molecule has 0 aliphatic heterocycles. The Morgan fingerprint density at radius 1 is 1.42 bits per heavy atom. The van der Waals surface area contributed by atoms with Crippen LogP contribution in [0.5, 0.6) is 0 Å². The Morgan fingerprint density at radius 2 is 2.27 bits per heavy atom. The van der Waals surface area contributed by atoms with Gasteiger partial charge >= 0.3 is 0 Å². The van der Waals surface area contributed by atoms with Crippen LogP contribution in [-0.4, -0.2) is 35.9 Å². The summed E-state index contributed by atoms with van der Waals surface area (Å²) in [6.07, 6.45) is 5.26. The number of rotatable bonds is 4. The molecule has 134 valence electrons. The molecule has 9 heteroatoms. The van der Waals surface area contributed by atoms with Crippen LogP contribution < -0.4 is 5.73 Å². The Hall–Kier alpha value is -2.74. The average molecular weight is 372 g/mol. The van der Waals surface area contributed by atoms with Crippen molar-refractivity contribution in [3.8, 4) is 11.4 Å². The van der Waals surface area contributed by atoms with Crippen molar-refractivity contribution in [1.29, 1.82) is 0 Å². The number of nitrogens with one attached hydrogen (secondary N) is 1. The zero-order valence-corrected chi connectivity index (χ0v) is 14.9. The van der Waals surface area contributed by atoms with Gasteiger partial charge in [-0.25, -0.2) is 14.6 Å². The number of aromatic amines is 1. The van der Waals surface area contributed by atoms with Crippen LogP contribution in [0.25, 0.3) is 11.4 Å². The van der Waals surface area contributed by atoms with E-state index in [0.29, 0.717) is 11.0 Å². The molecule has 26 heavy (non-hydrogen) atoms. The summed E-state index contributed by atoms with van der Waals surface area (Å²) in [4.78, 5) is 20.3. The summed E-state index contributed by atoms with van der Waals surface area (Å²) in [5.41, 5.74) is 8.50. The molecule has 0 saturated heterocycles. The lowest BCUT2D eigenvalue weighted by atomic mass is 9.78. The minimum Gasteiger partial charge on any atom is -0.368 e. The van der Waals surface area contributed by atoms with E-state index in [-0.39, 0.29) is 18.4 Å². The molecule has 0 radical (unpaired) electrons. The molecule has 0 spiro atoms. The molecule has 3 N–H and O–H groups in total. The lowest BCUT2D eigenvalue weighted by Crippen LogP contribution is -2.25. The first-order valence-electron chi connectivity index (χ1n) is 8.40. The van der Waals surface area contributed by atoms with Crippen LogP contribution in [0.2, 0.25) is 5.15 Å². The third-order valence-electron chi connectivity index (χ3n) is 4.87. The summed E-state index contributed by atoms with van der Waals surface area (Å²) >= 11 is 5.86. The second-order valence-corrected chi connectivity index (χ2v) is 6.91. The standard InChI is InChI=1S/C17H18ClN7O/c1-9-11(3-4-13-12(9)7-21-23-13)17-22-16(24-25(17)8-15(19)26)10-2-5-14(18)20-6-10/h2,5-7,9,11H,3-4,8H2,1H3,(H2,19,26)(H,21,23). The first-order chi connectivity index (χ1) is 12.5. The first kappa shape index (κ1) is 16.7. The van der Waals surface area contributed by atoms with Crippen molar-refractivity contribution < 1.29 is 4.79 Å². The number of nitrogens with zero attached hydrogens (tertiary/aromatic N) is 5.